The highest BCUT2D eigenvalue weighted by Crippen LogP contribution is 2.46. The summed E-state index contributed by atoms with van der Waals surface area (Å²) in [7, 11) is 0. The van der Waals surface area contributed by atoms with E-state index in [1.807, 2.05) is 0 Å². The number of hydrogen-bond acceptors (Lipinski definition) is 1. The van der Waals surface area contributed by atoms with Gasteiger partial charge in [-0.1, -0.05) is 19.8 Å². The van der Waals surface area contributed by atoms with Crippen molar-refractivity contribution < 1.29 is 4.79 Å². The van der Waals surface area contributed by atoms with E-state index in [0.29, 0.717) is 5.78 Å². The third kappa shape index (κ3) is 1.41. The van der Waals surface area contributed by atoms with Gasteiger partial charge in [0.25, 0.3) is 0 Å². The number of rotatable bonds is 3. The minimum Gasteiger partial charge on any atom is -0.300 e. The molecule has 0 aromatic heterocycles. The molecular formula is C11H18O. The minimum atomic E-state index is 0.499. The van der Waals surface area contributed by atoms with Crippen LogP contribution >= 0.6 is 0 Å². The van der Waals surface area contributed by atoms with Crippen molar-refractivity contribution in [3.63, 3.8) is 0 Å². The van der Waals surface area contributed by atoms with Crippen molar-refractivity contribution in [2.45, 2.75) is 45.4 Å². The van der Waals surface area contributed by atoms with Crippen LogP contribution in [0.3, 0.4) is 0 Å². The van der Waals surface area contributed by atoms with Crippen molar-refractivity contribution in [1.82, 2.24) is 0 Å². The SMILES string of the molecule is CCCC1CC(C2CC(=O)C2)C1. The summed E-state index contributed by atoms with van der Waals surface area (Å²) in [6.07, 6.45) is 7.41. The van der Waals surface area contributed by atoms with Crippen LogP contribution in [-0.4, -0.2) is 5.78 Å². The first kappa shape index (κ1) is 8.28. The van der Waals surface area contributed by atoms with E-state index < -0.39 is 0 Å². The van der Waals surface area contributed by atoms with Crippen LogP contribution in [0.5, 0.6) is 0 Å². The van der Waals surface area contributed by atoms with E-state index >= 15 is 0 Å². The Morgan fingerprint density at radius 2 is 1.92 bits per heavy atom. The molecule has 2 fully saturated rings. The molecule has 1 nitrogen and oxygen atoms in total. The zero-order valence-corrected chi connectivity index (χ0v) is 7.88. The molecule has 2 aliphatic carbocycles. The van der Waals surface area contributed by atoms with Crippen LogP contribution in [0.15, 0.2) is 0 Å². The summed E-state index contributed by atoms with van der Waals surface area (Å²) in [5, 5.41) is 0. The van der Waals surface area contributed by atoms with Crippen molar-refractivity contribution in [1.29, 1.82) is 0 Å². The molecule has 0 unspecified atom stereocenters. The topological polar surface area (TPSA) is 17.1 Å². The van der Waals surface area contributed by atoms with Gasteiger partial charge in [0.15, 0.2) is 0 Å². The molecule has 0 atom stereocenters. The summed E-state index contributed by atoms with van der Waals surface area (Å²) >= 11 is 0. The molecule has 0 aromatic carbocycles. The Hall–Kier alpha value is -0.330. The standard InChI is InChI=1S/C11H18O/c1-2-3-8-4-9(5-8)10-6-11(12)7-10/h8-10H,2-7H2,1H3. The summed E-state index contributed by atoms with van der Waals surface area (Å²) < 4.78 is 0. The Kier molecular flexibility index (Phi) is 2.20. The van der Waals surface area contributed by atoms with Crippen molar-refractivity contribution in [2.75, 3.05) is 0 Å². The fourth-order valence-corrected chi connectivity index (χ4v) is 2.67. The van der Waals surface area contributed by atoms with Gasteiger partial charge in [-0.05, 0) is 30.6 Å². The lowest BCUT2D eigenvalue weighted by molar-refractivity contribution is -0.130. The predicted molar refractivity (Wildman–Crippen MR) is 48.9 cm³/mol. The van der Waals surface area contributed by atoms with Crippen LogP contribution < -0.4 is 0 Å². The average Bonchev–Trinajstić information content (AvgIpc) is 1.90. The van der Waals surface area contributed by atoms with Crippen LogP contribution in [0.2, 0.25) is 0 Å². The van der Waals surface area contributed by atoms with E-state index in [2.05, 4.69) is 6.92 Å². The molecular weight excluding hydrogens is 148 g/mol. The van der Waals surface area contributed by atoms with E-state index in [1.54, 1.807) is 0 Å². The second-order valence-corrected chi connectivity index (χ2v) is 4.59. The number of Topliss-reactive ketones (excluding diaryl/α,β-unsaturated/α-hetero) is 1. The number of ketones is 1. The molecule has 0 amide bonds. The predicted octanol–water partition coefficient (Wildman–Crippen LogP) is 2.79. The van der Waals surface area contributed by atoms with E-state index in [9.17, 15) is 4.79 Å². The van der Waals surface area contributed by atoms with E-state index in [1.165, 1.54) is 25.7 Å². The lowest BCUT2D eigenvalue weighted by Gasteiger charge is -2.43. The maximum absolute atomic E-state index is 10.8. The van der Waals surface area contributed by atoms with Crippen LogP contribution in [0.1, 0.15) is 45.4 Å². The molecule has 0 aromatic rings. The van der Waals surface area contributed by atoms with Crippen LogP contribution in [-0.2, 0) is 4.79 Å². The highest BCUT2D eigenvalue weighted by molar-refractivity contribution is 5.84. The van der Waals surface area contributed by atoms with Gasteiger partial charge in [-0.25, -0.2) is 0 Å². The largest absolute Gasteiger partial charge is 0.300 e. The summed E-state index contributed by atoms with van der Waals surface area (Å²) in [4.78, 5) is 10.8. The van der Waals surface area contributed by atoms with Gasteiger partial charge in [0.1, 0.15) is 5.78 Å². The van der Waals surface area contributed by atoms with Gasteiger partial charge < -0.3 is 0 Å². The lowest BCUT2D eigenvalue weighted by Crippen LogP contribution is -2.37. The number of carbonyl (C=O) groups excluding carboxylic acids is 1. The molecule has 1 heteroatoms. The Balaban J connectivity index is 1.65. The van der Waals surface area contributed by atoms with Crippen LogP contribution in [0.4, 0.5) is 0 Å². The molecule has 2 rings (SSSR count). The molecule has 2 saturated carbocycles. The van der Waals surface area contributed by atoms with Gasteiger partial charge >= 0.3 is 0 Å². The first-order valence-corrected chi connectivity index (χ1v) is 5.31. The third-order valence-electron chi connectivity index (χ3n) is 3.62. The Labute approximate surface area is 74.5 Å². The van der Waals surface area contributed by atoms with Gasteiger partial charge in [-0.3, -0.25) is 4.79 Å². The van der Waals surface area contributed by atoms with Crippen molar-refractivity contribution in [2.24, 2.45) is 17.8 Å². The van der Waals surface area contributed by atoms with Crippen molar-refractivity contribution in [3.8, 4) is 0 Å². The fraction of sp³-hybridized carbons (Fsp3) is 0.909. The highest BCUT2D eigenvalue weighted by Gasteiger charge is 2.40. The van der Waals surface area contributed by atoms with E-state index in [0.717, 1.165) is 30.6 Å². The quantitative estimate of drug-likeness (QED) is 0.630. The molecule has 0 radical (unpaired) electrons. The summed E-state index contributed by atoms with van der Waals surface area (Å²) in [6.45, 7) is 2.26. The molecule has 0 saturated heterocycles. The van der Waals surface area contributed by atoms with Gasteiger partial charge in [0.05, 0.1) is 0 Å². The first-order valence-electron chi connectivity index (χ1n) is 5.31. The van der Waals surface area contributed by atoms with Gasteiger partial charge in [0.2, 0.25) is 0 Å². The van der Waals surface area contributed by atoms with E-state index in [4.69, 9.17) is 0 Å². The second-order valence-electron chi connectivity index (χ2n) is 4.59. The maximum Gasteiger partial charge on any atom is 0.133 e. The summed E-state index contributed by atoms with van der Waals surface area (Å²) in [6, 6.07) is 0. The zero-order valence-electron chi connectivity index (χ0n) is 7.88. The zero-order chi connectivity index (χ0) is 8.55. The summed E-state index contributed by atoms with van der Waals surface area (Å²) in [5.41, 5.74) is 0. The lowest BCUT2D eigenvalue weighted by atomic mass is 9.61. The Morgan fingerprint density at radius 1 is 1.25 bits per heavy atom. The van der Waals surface area contributed by atoms with Crippen molar-refractivity contribution >= 4 is 5.78 Å². The maximum atomic E-state index is 10.8. The minimum absolute atomic E-state index is 0.499. The molecule has 68 valence electrons. The van der Waals surface area contributed by atoms with Crippen molar-refractivity contribution in [3.05, 3.63) is 0 Å². The fourth-order valence-electron chi connectivity index (χ4n) is 2.67. The van der Waals surface area contributed by atoms with Crippen LogP contribution in [0.25, 0.3) is 0 Å². The third-order valence-corrected chi connectivity index (χ3v) is 3.62. The number of carbonyl (C=O) groups is 1. The summed E-state index contributed by atoms with van der Waals surface area (Å²) in [5.74, 6) is 3.24. The smallest absolute Gasteiger partial charge is 0.133 e. The molecule has 0 aliphatic heterocycles. The second kappa shape index (κ2) is 3.20. The normalized spacial score (nSPS) is 35.9. The number of hydrogen-bond donors (Lipinski definition) is 0. The van der Waals surface area contributed by atoms with Gasteiger partial charge in [0, 0.05) is 12.8 Å². The Bertz CT molecular complexity index is 171. The van der Waals surface area contributed by atoms with Gasteiger partial charge in [-0.15, -0.1) is 0 Å². The average molecular weight is 166 g/mol. The molecule has 0 spiro atoms. The monoisotopic (exact) mass is 166 g/mol. The molecule has 0 N–H and O–H groups in total. The molecule has 12 heavy (non-hydrogen) atoms. The highest BCUT2D eigenvalue weighted by atomic mass is 16.1. The molecule has 0 bridgehead atoms. The van der Waals surface area contributed by atoms with E-state index in [-0.39, 0.29) is 0 Å². The Morgan fingerprint density at radius 3 is 2.42 bits per heavy atom. The molecule has 2 aliphatic rings. The van der Waals surface area contributed by atoms with Crippen LogP contribution in [0, 0.1) is 17.8 Å². The van der Waals surface area contributed by atoms with Gasteiger partial charge in [-0.2, -0.15) is 0 Å². The first-order chi connectivity index (χ1) is 5.79. The molecule has 0 heterocycles.